The lowest BCUT2D eigenvalue weighted by Gasteiger charge is -2.12. The molecule has 2 aromatic heterocycles. The summed E-state index contributed by atoms with van der Waals surface area (Å²) in [6, 6.07) is 11.0. The Morgan fingerprint density at radius 3 is 2.77 bits per heavy atom. The Labute approximate surface area is 178 Å². The molecule has 31 heavy (non-hydrogen) atoms. The molecule has 3 heterocycles. The van der Waals surface area contributed by atoms with Crippen molar-refractivity contribution in [3.05, 3.63) is 47.8 Å². The van der Waals surface area contributed by atoms with Crippen LogP contribution in [0.4, 0.5) is 4.79 Å². The average Bonchev–Trinajstić information content (AvgIpc) is 3.30. The third kappa shape index (κ3) is 3.92. The van der Waals surface area contributed by atoms with Crippen LogP contribution in [-0.4, -0.2) is 45.7 Å². The highest BCUT2D eigenvalue weighted by Gasteiger charge is 2.34. The fraction of sp³-hybridized carbons (Fsp3) is 0.318. The summed E-state index contributed by atoms with van der Waals surface area (Å²) in [5.74, 6) is -0.565. The molecule has 0 aliphatic carbocycles. The number of fused-ring (bicyclic) bond motifs is 1. The lowest BCUT2D eigenvalue weighted by atomic mass is 10.1. The maximum atomic E-state index is 12.5. The van der Waals surface area contributed by atoms with Crippen LogP contribution in [0.5, 0.6) is 0 Å². The molecule has 0 bridgehead atoms. The highest BCUT2D eigenvalue weighted by molar-refractivity contribution is 5.92. The molecule has 0 saturated carbocycles. The van der Waals surface area contributed by atoms with E-state index in [4.69, 9.17) is 14.2 Å². The van der Waals surface area contributed by atoms with E-state index in [2.05, 4.69) is 16.2 Å². The van der Waals surface area contributed by atoms with E-state index in [1.807, 2.05) is 32.0 Å². The minimum Gasteiger partial charge on any atom is -0.458 e. The third-order valence-corrected chi connectivity index (χ3v) is 5.02. The van der Waals surface area contributed by atoms with Crippen molar-refractivity contribution in [2.45, 2.75) is 39.0 Å². The van der Waals surface area contributed by atoms with Gasteiger partial charge in [0.25, 0.3) is 0 Å². The fourth-order valence-corrected chi connectivity index (χ4v) is 3.38. The van der Waals surface area contributed by atoms with Crippen LogP contribution in [0, 0.1) is 11.3 Å². The van der Waals surface area contributed by atoms with Gasteiger partial charge in [-0.2, -0.15) is 10.4 Å². The van der Waals surface area contributed by atoms with Crippen LogP contribution in [0.1, 0.15) is 42.9 Å². The number of hydrogen-bond donors (Lipinski definition) is 0. The zero-order chi connectivity index (χ0) is 22.1. The number of esters is 1. The first-order valence-electron chi connectivity index (χ1n) is 9.80. The number of nitrogens with zero attached hydrogens (tertiary/aromatic N) is 4. The first-order chi connectivity index (χ1) is 14.9. The molecule has 9 heteroatoms. The lowest BCUT2D eigenvalue weighted by Crippen LogP contribution is -2.26. The Balaban J connectivity index is 1.58. The van der Waals surface area contributed by atoms with E-state index in [-0.39, 0.29) is 12.6 Å². The molecule has 1 aromatic carbocycles. The molecule has 0 radical (unpaired) electrons. The standard InChI is InChI=1S/C22H20N4O5/c1-12(2)26-19-5-4-14(8-16(19)18(10-23)25-26)17-9-15(6-7-24-17)21(27)29-11-20-13(3)30-22(28)31-20/h4-9,12-13,20H,11H2,1-3H3. The topological polar surface area (TPSA) is 116 Å². The van der Waals surface area contributed by atoms with Gasteiger partial charge in [-0.15, -0.1) is 0 Å². The summed E-state index contributed by atoms with van der Waals surface area (Å²) in [6.07, 6.45) is -0.379. The summed E-state index contributed by atoms with van der Waals surface area (Å²) in [4.78, 5) is 28.0. The molecule has 9 nitrogen and oxygen atoms in total. The SMILES string of the molecule is CC1OC(=O)OC1COC(=O)c1ccnc(-c2ccc3c(c2)c(C#N)nn3C(C)C)c1. The molecule has 1 saturated heterocycles. The largest absolute Gasteiger partial charge is 0.509 e. The number of carbonyl (C=O) groups is 2. The summed E-state index contributed by atoms with van der Waals surface area (Å²) < 4.78 is 16.9. The smallest absolute Gasteiger partial charge is 0.458 e. The van der Waals surface area contributed by atoms with Crippen molar-refractivity contribution in [2.24, 2.45) is 0 Å². The van der Waals surface area contributed by atoms with E-state index in [1.54, 1.807) is 23.7 Å². The van der Waals surface area contributed by atoms with Crippen molar-refractivity contribution in [3.63, 3.8) is 0 Å². The van der Waals surface area contributed by atoms with Gasteiger partial charge in [0.2, 0.25) is 0 Å². The molecule has 1 aliphatic rings. The molecule has 0 spiro atoms. The van der Waals surface area contributed by atoms with Crippen molar-refractivity contribution < 1.29 is 23.8 Å². The van der Waals surface area contributed by atoms with Gasteiger partial charge in [0, 0.05) is 23.2 Å². The van der Waals surface area contributed by atoms with Gasteiger partial charge in [-0.05, 0) is 45.0 Å². The van der Waals surface area contributed by atoms with E-state index >= 15 is 0 Å². The molecule has 1 aliphatic heterocycles. The molecule has 2 atom stereocenters. The van der Waals surface area contributed by atoms with E-state index in [1.165, 1.54) is 6.20 Å². The van der Waals surface area contributed by atoms with Gasteiger partial charge < -0.3 is 14.2 Å². The molecule has 3 aromatic rings. The Morgan fingerprint density at radius 1 is 1.29 bits per heavy atom. The highest BCUT2D eigenvalue weighted by atomic mass is 16.8. The molecule has 0 N–H and O–H groups in total. The summed E-state index contributed by atoms with van der Waals surface area (Å²) in [6.45, 7) is 5.56. The van der Waals surface area contributed by atoms with Crippen LogP contribution in [-0.2, 0) is 14.2 Å². The molecule has 0 amide bonds. The zero-order valence-corrected chi connectivity index (χ0v) is 17.2. The van der Waals surface area contributed by atoms with E-state index in [9.17, 15) is 14.9 Å². The lowest BCUT2D eigenvalue weighted by molar-refractivity contribution is 0.0248. The maximum absolute atomic E-state index is 12.5. The van der Waals surface area contributed by atoms with Gasteiger partial charge in [0.05, 0.1) is 16.8 Å². The Bertz CT molecular complexity index is 1210. The number of aromatic nitrogens is 3. The van der Waals surface area contributed by atoms with Crippen LogP contribution >= 0.6 is 0 Å². The average molecular weight is 420 g/mol. The summed E-state index contributed by atoms with van der Waals surface area (Å²) in [7, 11) is 0. The number of benzene rings is 1. The number of carbonyl (C=O) groups excluding carboxylic acids is 2. The second-order valence-electron chi connectivity index (χ2n) is 7.49. The van der Waals surface area contributed by atoms with E-state index in [0.717, 1.165) is 16.5 Å². The van der Waals surface area contributed by atoms with Crippen molar-refractivity contribution in [2.75, 3.05) is 6.61 Å². The third-order valence-electron chi connectivity index (χ3n) is 5.02. The van der Waals surface area contributed by atoms with Crippen LogP contribution < -0.4 is 0 Å². The fourth-order valence-electron chi connectivity index (χ4n) is 3.38. The number of rotatable bonds is 5. The van der Waals surface area contributed by atoms with Crippen molar-refractivity contribution >= 4 is 23.0 Å². The molecule has 158 valence electrons. The van der Waals surface area contributed by atoms with Crippen molar-refractivity contribution in [3.8, 4) is 17.3 Å². The molecular weight excluding hydrogens is 400 g/mol. The minimum atomic E-state index is -0.771. The van der Waals surface area contributed by atoms with Crippen molar-refractivity contribution in [1.29, 1.82) is 5.26 Å². The predicted octanol–water partition coefficient (Wildman–Crippen LogP) is 3.63. The predicted molar refractivity (Wildman–Crippen MR) is 109 cm³/mol. The number of hydrogen-bond acceptors (Lipinski definition) is 8. The van der Waals surface area contributed by atoms with Crippen molar-refractivity contribution in [1.82, 2.24) is 14.8 Å². The van der Waals surface area contributed by atoms with Crippen LogP contribution in [0.2, 0.25) is 0 Å². The van der Waals surface area contributed by atoms with Crippen LogP contribution in [0.3, 0.4) is 0 Å². The Kier molecular flexibility index (Phi) is 5.29. The van der Waals surface area contributed by atoms with E-state index in [0.29, 0.717) is 17.0 Å². The van der Waals surface area contributed by atoms with Gasteiger partial charge in [-0.1, -0.05) is 6.07 Å². The quantitative estimate of drug-likeness (QED) is 0.575. The Hall–Kier alpha value is -3.93. The molecule has 4 rings (SSSR count). The number of cyclic esters (lactones) is 2. The first kappa shape index (κ1) is 20.3. The monoisotopic (exact) mass is 420 g/mol. The van der Waals surface area contributed by atoms with Gasteiger partial charge in [0.15, 0.2) is 11.8 Å². The highest BCUT2D eigenvalue weighted by Crippen LogP contribution is 2.27. The summed E-state index contributed by atoms with van der Waals surface area (Å²) in [5, 5.41) is 14.5. The number of pyridine rings is 1. The molecular formula is C22H20N4O5. The summed E-state index contributed by atoms with van der Waals surface area (Å²) >= 11 is 0. The maximum Gasteiger partial charge on any atom is 0.509 e. The first-order valence-corrected chi connectivity index (χ1v) is 9.80. The van der Waals surface area contributed by atoms with Gasteiger partial charge in [-0.25, -0.2) is 9.59 Å². The minimum absolute atomic E-state index is 0.102. The van der Waals surface area contributed by atoms with Gasteiger partial charge in [-0.3, -0.25) is 9.67 Å². The van der Waals surface area contributed by atoms with Crippen LogP contribution in [0.15, 0.2) is 36.5 Å². The number of nitriles is 1. The Morgan fingerprint density at radius 2 is 2.10 bits per heavy atom. The zero-order valence-electron chi connectivity index (χ0n) is 17.2. The van der Waals surface area contributed by atoms with Gasteiger partial charge in [0.1, 0.15) is 18.8 Å². The molecule has 1 fully saturated rings. The normalized spacial score (nSPS) is 18.0. The van der Waals surface area contributed by atoms with Gasteiger partial charge >= 0.3 is 12.1 Å². The second-order valence-corrected chi connectivity index (χ2v) is 7.49. The summed E-state index contributed by atoms with van der Waals surface area (Å²) in [5.41, 5.74) is 2.80. The molecule has 2 unspecified atom stereocenters. The van der Waals surface area contributed by atoms with E-state index < -0.39 is 24.3 Å². The number of ether oxygens (including phenoxy) is 3. The van der Waals surface area contributed by atoms with Crippen LogP contribution in [0.25, 0.3) is 22.2 Å². The second kappa shape index (κ2) is 8.07.